The predicted octanol–water partition coefficient (Wildman–Crippen LogP) is 3.93. The van der Waals surface area contributed by atoms with Crippen LogP contribution in [0.2, 0.25) is 0 Å². The van der Waals surface area contributed by atoms with Crippen LogP contribution in [0.1, 0.15) is 5.56 Å². The second-order valence-electron chi connectivity index (χ2n) is 6.38. The van der Waals surface area contributed by atoms with Crippen LogP contribution in [0.4, 0.5) is 17.2 Å². The van der Waals surface area contributed by atoms with Gasteiger partial charge in [0.15, 0.2) is 0 Å². The highest BCUT2D eigenvalue weighted by atomic mass is 16.1. The van der Waals surface area contributed by atoms with Crippen LogP contribution < -0.4 is 10.6 Å². The van der Waals surface area contributed by atoms with Crippen molar-refractivity contribution in [2.75, 3.05) is 10.6 Å². The van der Waals surface area contributed by atoms with E-state index in [1.54, 1.807) is 18.6 Å². The van der Waals surface area contributed by atoms with Crippen LogP contribution in [0, 0.1) is 0 Å². The molecule has 0 saturated heterocycles. The Morgan fingerprint density at radius 1 is 1.00 bits per heavy atom. The molecule has 0 radical (unpaired) electrons. The van der Waals surface area contributed by atoms with Crippen LogP contribution in [-0.2, 0) is 11.2 Å². The van der Waals surface area contributed by atoms with Crippen molar-refractivity contribution in [3.63, 3.8) is 0 Å². The van der Waals surface area contributed by atoms with Crippen molar-refractivity contribution >= 4 is 34.0 Å². The third kappa shape index (κ3) is 2.87. The Morgan fingerprint density at radius 2 is 1.89 bits per heavy atom. The van der Waals surface area contributed by atoms with Crippen molar-refractivity contribution in [1.82, 2.24) is 15.0 Å². The molecule has 2 N–H and O–H groups in total. The number of carbonyl (C=O) groups is 1. The number of pyridine rings is 3. The normalized spacial score (nSPS) is 12.7. The summed E-state index contributed by atoms with van der Waals surface area (Å²) in [6.45, 7) is 0. The van der Waals surface area contributed by atoms with Gasteiger partial charge in [-0.05, 0) is 48.0 Å². The maximum absolute atomic E-state index is 11.6. The van der Waals surface area contributed by atoms with Gasteiger partial charge in [0.25, 0.3) is 0 Å². The van der Waals surface area contributed by atoms with E-state index in [1.165, 1.54) is 0 Å². The van der Waals surface area contributed by atoms with E-state index < -0.39 is 0 Å². The van der Waals surface area contributed by atoms with Gasteiger partial charge in [0, 0.05) is 40.9 Å². The maximum atomic E-state index is 11.6. The highest BCUT2D eigenvalue weighted by Crippen LogP contribution is 2.31. The quantitative estimate of drug-likeness (QED) is 0.583. The van der Waals surface area contributed by atoms with E-state index in [0.29, 0.717) is 6.42 Å². The highest BCUT2D eigenvalue weighted by molar-refractivity contribution is 6.00. The number of anilines is 3. The first kappa shape index (κ1) is 15.5. The first-order chi connectivity index (χ1) is 13.3. The summed E-state index contributed by atoms with van der Waals surface area (Å²) in [5.41, 5.74) is 5.37. The molecule has 1 aliphatic rings. The van der Waals surface area contributed by atoms with Gasteiger partial charge in [-0.3, -0.25) is 14.8 Å². The number of hydrogen-bond acceptors (Lipinski definition) is 5. The third-order valence-corrected chi connectivity index (χ3v) is 4.57. The fourth-order valence-electron chi connectivity index (χ4n) is 3.27. The zero-order valence-electron chi connectivity index (χ0n) is 14.3. The van der Waals surface area contributed by atoms with Crippen molar-refractivity contribution < 1.29 is 4.79 Å². The van der Waals surface area contributed by atoms with Gasteiger partial charge in [0.1, 0.15) is 5.82 Å². The van der Waals surface area contributed by atoms with Crippen molar-refractivity contribution in [2.24, 2.45) is 0 Å². The van der Waals surface area contributed by atoms with Gasteiger partial charge in [-0.2, -0.15) is 0 Å². The molecule has 130 valence electrons. The van der Waals surface area contributed by atoms with Gasteiger partial charge in [-0.1, -0.05) is 6.07 Å². The lowest BCUT2D eigenvalue weighted by atomic mass is 10.1. The molecule has 0 aliphatic carbocycles. The molecular weight excluding hydrogens is 338 g/mol. The molecule has 0 atom stereocenters. The van der Waals surface area contributed by atoms with Crippen LogP contribution >= 0.6 is 0 Å². The topological polar surface area (TPSA) is 79.8 Å². The first-order valence-electron chi connectivity index (χ1n) is 8.62. The van der Waals surface area contributed by atoms with Gasteiger partial charge < -0.3 is 10.6 Å². The lowest BCUT2D eigenvalue weighted by molar-refractivity contribution is -0.115. The number of nitrogens with one attached hydrogen (secondary N) is 2. The van der Waals surface area contributed by atoms with Gasteiger partial charge >= 0.3 is 0 Å². The van der Waals surface area contributed by atoms with E-state index >= 15 is 0 Å². The molecule has 1 aromatic carbocycles. The van der Waals surface area contributed by atoms with Crippen LogP contribution in [0.3, 0.4) is 0 Å². The second-order valence-corrected chi connectivity index (χ2v) is 6.38. The number of benzene rings is 1. The molecule has 0 fully saturated rings. The molecule has 0 bridgehead atoms. The summed E-state index contributed by atoms with van der Waals surface area (Å²) in [5, 5.41) is 7.19. The number of fused-ring (bicyclic) bond motifs is 2. The van der Waals surface area contributed by atoms with Crippen molar-refractivity contribution in [3.8, 4) is 11.3 Å². The largest absolute Gasteiger partial charge is 0.340 e. The number of amides is 1. The monoisotopic (exact) mass is 353 g/mol. The molecule has 6 heteroatoms. The third-order valence-electron chi connectivity index (χ3n) is 4.57. The minimum Gasteiger partial charge on any atom is -0.340 e. The number of rotatable bonds is 3. The minimum absolute atomic E-state index is 0.0228. The molecule has 0 saturated carbocycles. The van der Waals surface area contributed by atoms with Crippen LogP contribution in [0.15, 0.2) is 67.1 Å². The van der Waals surface area contributed by atoms with E-state index in [-0.39, 0.29) is 5.91 Å². The van der Waals surface area contributed by atoms with Gasteiger partial charge in [0.05, 0.1) is 17.6 Å². The first-order valence-corrected chi connectivity index (χ1v) is 8.62. The Kier molecular flexibility index (Phi) is 3.53. The van der Waals surface area contributed by atoms with Crippen molar-refractivity contribution in [3.05, 3.63) is 72.7 Å². The molecule has 5 rings (SSSR count). The Bertz CT molecular complexity index is 1170. The molecule has 0 spiro atoms. The Morgan fingerprint density at radius 3 is 2.78 bits per heavy atom. The van der Waals surface area contributed by atoms with E-state index in [0.717, 1.165) is 44.9 Å². The molecular formula is C21H15N5O. The van der Waals surface area contributed by atoms with Gasteiger partial charge in [0.2, 0.25) is 5.91 Å². The number of hydrogen-bond donors (Lipinski definition) is 2. The Balaban J connectivity index is 1.60. The standard InChI is InChI=1S/C21H15N5O/c27-20-10-14-3-4-15(11-17(14)25-20)24-21-16-2-1-7-23-19(16)12-18(26-21)13-5-8-22-9-6-13/h1-9,11-12H,10H2,(H,24,26)(H,25,27). The minimum atomic E-state index is 0.0228. The van der Waals surface area contributed by atoms with Gasteiger partial charge in [-0.25, -0.2) is 4.98 Å². The summed E-state index contributed by atoms with van der Waals surface area (Å²) < 4.78 is 0. The molecule has 3 aromatic heterocycles. The zero-order chi connectivity index (χ0) is 18.2. The van der Waals surface area contributed by atoms with E-state index in [1.807, 2.05) is 48.5 Å². The molecule has 4 heterocycles. The van der Waals surface area contributed by atoms with E-state index in [2.05, 4.69) is 20.6 Å². The number of carbonyl (C=O) groups excluding carboxylic acids is 1. The fourth-order valence-corrected chi connectivity index (χ4v) is 3.27. The average Bonchev–Trinajstić information content (AvgIpc) is 3.08. The lowest BCUT2D eigenvalue weighted by Gasteiger charge is -2.12. The zero-order valence-corrected chi connectivity index (χ0v) is 14.3. The summed E-state index contributed by atoms with van der Waals surface area (Å²) in [4.78, 5) is 25.0. The SMILES string of the molecule is O=C1Cc2ccc(Nc3nc(-c4ccncc4)cc4ncccc34)cc2N1. The van der Waals surface area contributed by atoms with Crippen LogP contribution in [0.25, 0.3) is 22.2 Å². The Labute approximate surface area is 155 Å². The Hall–Kier alpha value is -3.80. The smallest absolute Gasteiger partial charge is 0.228 e. The predicted molar refractivity (Wildman–Crippen MR) is 105 cm³/mol. The molecule has 6 nitrogen and oxygen atoms in total. The summed E-state index contributed by atoms with van der Waals surface area (Å²) in [6.07, 6.45) is 5.69. The molecule has 1 amide bonds. The highest BCUT2D eigenvalue weighted by Gasteiger charge is 2.18. The van der Waals surface area contributed by atoms with E-state index in [9.17, 15) is 4.79 Å². The molecule has 27 heavy (non-hydrogen) atoms. The summed E-state index contributed by atoms with van der Waals surface area (Å²) in [5.74, 6) is 0.742. The summed E-state index contributed by atoms with van der Waals surface area (Å²) in [7, 11) is 0. The van der Waals surface area contributed by atoms with Gasteiger partial charge in [-0.15, -0.1) is 0 Å². The second kappa shape index (κ2) is 6.17. The fraction of sp³-hybridized carbons (Fsp3) is 0.0476. The number of aromatic nitrogens is 3. The van der Waals surface area contributed by atoms with E-state index in [4.69, 9.17) is 4.98 Å². The van der Waals surface area contributed by atoms with Crippen molar-refractivity contribution in [1.29, 1.82) is 0 Å². The van der Waals surface area contributed by atoms with Crippen molar-refractivity contribution in [2.45, 2.75) is 6.42 Å². The van der Waals surface area contributed by atoms with Crippen LogP contribution in [-0.4, -0.2) is 20.9 Å². The maximum Gasteiger partial charge on any atom is 0.228 e. The summed E-state index contributed by atoms with van der Waals surface area (Å²) in [6, 6.07) is 15.6. The summed E-state index contributed by atoms with van der Waals surface area (Å²) >= 11 is 0. The molecule has 4 aromatic rings. The lowest BCUT2D eigenvalue weighted by Crippen LogP contribution is -2.03. The molecule has 0 unspecified atom stereocenters. The molecule has 1 aliphatic heterocycles. The van der Waals surface area contributed by atoms with Crippen LogP contribution in [0.5, 0.6) is 0 Å². The average molecular weight is 353 g/mol. The number of nitrogens with zero attached hydrogens (tertiary/aromatic N) is 3.